The molecule has 1 fully saturated rings. The molecule has 0 spiro atoms. The molecule has 1 aliphatic heterocycles. The number of amides is 2. The minimum atomic E-state index is -0.578. The van der Waals surface area contributed by atoms with Crippen molar-refractivity contribution in [2.45, 2.75) is 26.7 Å². The fourth-order valence-electron chi connectivity index (χ4n) is 2.64. The highest BCUT2D eigenvalue weighted by Crippen LogP contribution is 2.28. The monoisotopic (exact) mass is 312 g/mol. The average Bonchev–Trinajstić information content (AvgIpc) is 2.97. The molecule has 1 saturated heterocycles. The van der Waals surface area contributed by atoms with Crippen LogP contribution in [0.1, 0.15) is 25.5 Å². The third kappa shape index (κ3) is 3.26. The number of piperidine rings is 1. The number of aryl methyl sites for hydroxylation is 1. The molecule has 0 bridgehead atoms. The molecular formula is C17H20N4O2. The smallest absolute Gasteiger partial charge is 0.232 e. The van der Waals surface area contributed by atoms with Gasteiger partial charge in [-0.05, 0) is 32.4 Å². The van der Waals surface area contributed by atoms with Crippen molar-refractivity contribution in [3.05, 3.63) is 36.2 Å². The number of H-pyrrole nitrogens is 1. The van der Waals surface area contributed by atoms with Crippen LogP contribution in [0.4, 0.5) is 5.69 Å². The van der Waals surface area contributed by atoms with E-state index in [0.717, 1.165) is 22.8 Å². The molecule has 6 heteroatoms. The van der Waals surface area contributed by atoms with E-state index < -0.39 is 5.41 Å². The van der Waals surface area contributed by atoms with Crippen molar-refractivity contribution in [3.63, 3.8) is 0 Å². The molecule has 1 aliphatic rings. The van der Waals surface area contributed by atoms with Crippen molar-refractivity contribution < 1.29 is 9.59 Å². The van der Waals surface area contributed by atoms with Crippen molar-refractivity contribution in [2.24, 2.45) is 5.41 Å². The summed E-state index contributed by atoms with van der Waals surface area (Å²) >= 11 is 0. The zero-order chi connectivity index (χ0) is 16.4. The molecule has 2 amide bonds. The third-order valence-corrected chi connectivity index (χ3v) is 4.22. The maximum absolute atomic E-state index is 12.6. The molecular weight excluding hydrogens is 292 g/mol. The van der Waals surface area contributed by atoms with E-state index in [4.69, 9.17) is 0 Å². The number of hydrogen-bond acceptors (Lipinski definition) is 3. The first-order chi connectivity index (χ1) is 11.0. The van der Waals surface area contributed by atoms with Gasteiger partial charge >= 0.3 is 0 Å². The average molecular weight is 312 g/mol. The summed E-state index contributed by atoms with van der Waals surface area (Å²) in [5.41, 5.74) is 2.04. The molecule has 0 saturated carbocycles. The van der Waals surface area contributed by atoms with Crippen molar-refractivity contribution in [2.75, 3.05) is 11.9 Å². The summed E-state index contributed by atoms with van der Waals surface area (Å²) in [5, 5.41) is 5.72. The van der Waals surface area contributed by atoms with Gasteiger partial charge < -0.3 is 15.6 Å². The second-order valence-corrected chi connectivity index (χ2v) is 6.29. The number of imidazole rings is 1. The predicted molar refractivity (Wildman–Crippen MR) is 87.7 cm³/mol. The van der Waals surface area contributed by atoms with Gasteiger partial charge in [0.05, 0.1) is 5.41 Å². The highest BCUT2D eigenvalue weighted by molar-refractivity contribution is 5.97. The molecule has 1 unspecified atom stereocenters. The number of rotatable bonds is 3. The predicted octanol–water partition coefficient (Wildman–Crippen LogP) is 2.24. The fraction of sp³-hybridized carbons (Fsp3) is 0.353. The van der Waals surface area contributed by atoms with E-state index in [1.165, 1.54) is 0 Å². The molecule has 6 nitrogen and oxygen atoms in total. The SMILES string of the molecule is Cc1cnc(-c2cccc(NC(=O)C3(C)CCC(=O)NC3)c2)[nH]1. The number of carbonyl (C=O) groups is 2. The third-order valence-electron chi connectivity index (χ3n) is 4.22. The van der Waals surface area contributed by atoms with Gasteiger partial charge in [-0.3, -0.25) is 9.59 Å². The van der Waals surface area contributed by atoms with Crippen LogP contribution in [0.3, 0.4) is 0 Å². The maximum atomic E-state index is 12.6. The summed E-state index contributed by atoms with van der Waals surface area (Å²) < 4.78 is 0. The Balaban J connectivity index is 1.75. The van der Waals surface area contributed by atoms with E-state index in [1.54, 1.807) is 6.20 Å². The topological polar surface area (TPSA) is 86.9 Å². The lowest BCUT2D eigenvalue weighted by molar-refractivity contribution is -0.130. The Kier molecular flexibility index (Phi) is 3.90. The van der Waals surface area contributed by atoms with E-state index in [2.05, 4.69) is 20.6 Å². The summed E-state index contributed by atoms with van der Waals surface area (Å²) in [6, 6.07) is 7.56. The number of anilines is 1. The number of benzene rings is 1. The van der Waals surface area contributed by atoms with Gasteiger partial charge in [0.2, 0.25) is 11.8 Å². The minimum Gasteiger partial charge on any atom is -0.355 e. The first-order valence-corrected chi connectivity index (χ1v) is 7.66. The zero-order valence-corrected chi connectivity index (χ0v) is 13.3. The molecule has 0 aliphatic carbocycles. The van der Waals surface area contributed by atoms with Gasteiger partial charge in [-0.1, -0.05) is 12.1 Å². The normalized spacial score (nSPS) is 20.9. The molecule has 120 valence electrons. The van der Waals surface area contributed by atoms with Crippen LogP contribution < -0.4 is 10.6 Å². The molecule has 0 radical (unpaired) electrons. The van der Waals surface area contributed by atoms with Gasteiger partial charge in [0.15, 0.2) is 0 Å². The van der Waals surface area contributed by atoms with Gasteiger partial charge in [-0.25, -0.2) is 4.98 Å². The summed E-state index contributed by atoms with van der Waals surface area (Å²) in [7, 11) is 0. The van der Waals surface area contributed by atoms with Crippen molar-refractivity contribution in [1.82, 2.24) is 15.3 Å². The van der Waals surface area contributed by atoms with Gasteiger partial charge in [-0.15, -0.1) is 0 Å². The summed E-state index contributed by atoms with van der Waals surface area (Å²) in [5.74, 6) is 0.700. The molecule has 3 rings (SSSR count). The van der Waals surface area contributed by atoms with Crippen LogP contribution in [0, 0.1) is 12.3 Å². The zero-order valence-electron chi connectivity index (χ0n) is 13.3. The quantitative estimate of drug-likeness (QED) is 0.812. The molecule has 1 aromatic carbocycles. The Labute approximate surface area is 134 Å². The van der Waals surface area contributed by atoms with Crippen LogP contribution in [0.5, 0.6) is 0 Å². The van der Waals surface area contributed by atoms with Crippen LogP contribution >= 0.6 is 0 Å². The van der Waals surface area contributed by atoms with Crippen LogP contribution in [0.15, 0.2) is 30.5 Å². The fourth-order valence-corrected chi connectivity index (χ4v) is 2.64. The molecule has 3 N–H and O–H groups in total. The number of aromatic nitrogens is 2. The highest BCUT2D eigenvalue weighted by Gasteiger charge is 2.37. The lowest BCUT2D eigenvalue weighted by atomic mass is 9.81. The van der Waals surface area contributed by atoms with Crippen molar-refractivity contribution >= 4 is 17.5 Å². The Bertz CT molecular complexity index is 741. The largest absolute Gasteiger partial charge is 0.355 e. The van der Waals surface area contributed by atoms with Gasteiger partial charge in [0, 0.05) is 36.1 Å². The number of carbonyl (C=O) groups excluding carboxylic acids is 2. The van der Waals surface area contributed by atoms with Gasteiger partial charge in [0.25, 0.3) is 0 Å². The molecule has 1 aromatic heterocycles. The lowest BCUT2D eigenvalue weighted by Gasteiger charge is -2.32. The van der Waals surface area contributed by atoms with E-state index in [-0.39, 0.29) is 11.8 Å². The lowest BCUT2D eigenvalue weighted by Crippen LogP contribution is -2.48. The van der Waals surface area contributed by atoms with E-state index in [1.807, 2.05) is 38.1 Å². The van der Waals surface area contributed by atoms with Gasteiger partial charge in [-0.2, -0.15) is 0 Å². The summed E-state index contributed by atoms with van der Waals surface area (Å²) in [4.78, 5) is 31.3. The maximum Gasteiger partial charge on any atom is 0.232 e. The Hall–Kier alpha value is -2.63. The molecule has 2 heterocycles. The number of nitrogens with one attached hydrogen (secondary N) is 3. The van der Waals surface area contributed by atoms with E-state index in [0.29, 0.717) is 19.4 Å². The van der Waals surface area contributed by atoms with E-state index >= 15 is 0 Å². The standard InChI is InChI=1S/C17H20N4O2/c1-11-9-18-15(20-11)12-4-3-5-13(8-12)21-16(23)17(2)7-6-14(22)19-10-17/h3-5,8-9H,6-7,10H2,1-2H3,(H,18,20)(H,19,22)(H,21,23). The second kappa shape index (κ2) is 5.87. The number of hydrogen-bond donors (Lipinski definition) is 3. The van der Waals surface area contributed by atoms with E-state index in [9.17, 15) is 9.59 Å². The number of nitrogens with zero attached hydrogens (tertiary/aromatic N) is 1. The Morgan fingerprint density at radius 1 is 1.39 bits per heavy atom. The van der Waals surface area contributed by atoms with Crippen LogP contribution in [0.2, 0.25) is 0 Å². The first kappa shape index (κ1) is 15.3. The Morgan fingerprint density at radius 2 is 2.22 bits per heavy atom. The second-order valence-electron chi connectivity index (χ2n) is 6.29. The summed E-state index contributed by atoms with van der Waals surface area (Å²) in [6.07, 6.45) is 2.71. The molecule has 23 heavy (non-hydrogen) atoms. The Morgan fingerprint density at radius 3 is 2.87 bits per heavy atom. The van der Waals surface area contributed by atoms with Crippen LogP contribution in [-0.2, 0) is 9.59 Å². The highest BCUT2D eigenvalue weighted by atomic mass is 16.2. The van der Waals surface area contributed by atoms with Crippen LogP contribution in [0.25, 0.3) is 11.4 Å². The summed E-state index contributed by atoms with van der Waals surface area (Å²) in [6.45, 7) is 4.19. The van der Waals surface area contributed by atoms with Gasteiger partial charge in [0.1, 0.15) is 5.82 Å². The van der Waals surface area contributed by atoms with Crippen molar-refractivity contribution in [3.8, 4) is 11.4 Å². The molecule has 1 atom stereocenters. The van der Waals surface area contributed by atoms with Crippen LogP contribution in [-0.4, -0.2) is 28.3 Å². The first-order valence-electron chi connectivity index (χ1n) is 7.66. The number of aromatic amines is 1. The minimum absolute atomic E-state index is 0.00506. The molecule has 2 aromatic rings. The van der Waals surface area contributed by atoms with Crippen molar-refractivity contribution in [1.29, 1.82) is 0 Å².